The van der Waals surface area contributed by atoms with Gasteiger partial charge in [0.15, 0.2) is 0 Å². The lowest BCUT2D eigenvalue weighted by atomic mass is 9.79. The average Bonchev–Trinajstić information content (AvgIpc) is 2.22. The molecule has 4 nitrogen and oxygen atoms in total. The topological polar surface area (TPSA) is 61.4 Å². The number of aliphatic hydroxyl groups is 1. The number of urea groups is 1. The van der Waals surface area contributed by atoms with Gasteiger partial charge in [0.1, 0.15) is 0 Å². The number of nitrogens with one attached hydrogen (secondary N) is 2. The van der Waals surface area contributed by atoms with E-state index in [4.69, 9.17) is 5.11 Å². The molecule has 0 aromatic carbocycles. The van der Waals surface area contributed by atoms with Crippen LogP contribution in [0.2, 0.25) is 0 Å². The van der Waals surface area contributed by atoms with E-state index >= 15 is 0 Å². The quantitative estimate of drug-likeness (QED) is 0.624. The first kappa shape index (κ1) is 14.3. The largest absolute Gasteiger partial charge is 0.396 e. The summed E-state index contributed by atoms with van der Waals surface area (Å²) in [6.45, 7) is 7.01. The Balaban J connectivity index is 2.08. The zero-order chi connectivity index (χ0) is 12.9. The van der Waals surface area contributed by atoms with Gasteiger partial charge in [0.25, 0.3) is 0 Å². The smallest absolute Gasteiger partial charge is 0.315 e. The minimum atomic E-state index is -0.0611. The summed E-state index contributed by atoms with van der Waals surface area (Å²) >= 11 is 0. The van der Waals surface area contributed by atoms with E-state index < -0.39 is 0 Å². The van der Waals surface area contributed by atoms with Gasteiger partial charge in [-0.25, -0.2) is 4.79 Å². The van der Waals surface area contributed by atoms with Crippen LogP contribution in [0, 0.1) is 5.41 Å². The van der Waals surface area contributed by atoms with Gasteiger partial charge >= 0.3 is 6.03 Å². The van der Waals surface area contributed by atoms with Gasteiger partial charge in [-0.3, -0.25) is 0 Å². The number of aliphatic hydroxyl groups excluding tert-OH is 1. The molecule has 0 spiro atoms. The molecule has 1 aliphatic rings. The second-order valence-electron chi connectivity index (χ2n) is 6.22. The maximum atomic E-state index is 11.6. The molecule has 4 heteroatoms. The van der Waals surface area contributed by atoms with E-state index in [0.717, 1.165) is 25.7 Å². The third kappa shape index (κ3) is 4.94. The van der Waals surface area contributed by atoms with Crippen molar-refractivity contribution in [2.24, 2.45) is 5.41 Å². The Hall–Kier alpha value is -0.770. The van der Waals surface area contributed by atoms with Crippen LogP contribution in [0.5, 0.6) is 0 Å². The summed E-state index contributed by atoms with van der Waals surface area (Å²) in [4.78, 5) is 11.6. The van der Waals surface area contributed by atoms with Gasteiger partial charge in [0.05, 0.1) is 0 Å². The van der Waals surface area contributed by atoms with E-state index in [-0.39, 0.29) is 23.6 Å². The Morgan fingerprint density at radius 3 is 2.53 bits per heavy atom. The van der Waals surface area contributed by atoms with Crippen LogP contribution >= 0.6 is 0 Å². The Labute approximate surface area is 104 Å². The number of amides is 2. The number of hydrogen-bond donors (Lipinski definition) is 3. The Morgan fingerprint density at radius 1 is 1.41 bits per heavy atom. The fourth-order valence-electron chi connectivity index (χ4n) is 2.00. The fourth-order valence-corrected chi connectivity index (χ4v) is 2.00. The Kier molecular flexibility index (Phi) is 4.80. The average molecular weight is 242 g/mol. The van der Waals surface area contributed by atoms with Crippen LogP contribution in [-0.2, 0) is 0 Å². The van der Waals surface area contributed by atoms with Crippen molar-refractivity contribution in [2.75, 3.05) is 13.2 Å². The van der Waals surface area contributed by atoms with Crippen molar-refractivity contribution in [3.8, 4) is 0 Å². The molecule has 1 fully saturated rings. The van der Waals surface area contributed by atoms with Gasteiger partial charge in [-0.15, -0.1) is 0 Å². The molecule has 0 bridgehead atoms. The second-order valence-corrected chi connectivity index (χ2v) is 6.22. The van der Waals surface area contributed by atoms with Crippen molar-refractivity contribution in [1.82, 2.24) is 10.6 Å². The lowest BCUT2D eigenvalue weighted by Gasteiger charge is -2.39. The zero-order valence-electron chi connectivity index (χ0n) is 11.3. The molecular weight excluding hydrogens is 216 g/mol. The van der Waals surface area contributed by atoms with E-state index in [1.54, 1.807) is 0 Å². The molecule has 0 radical (unpaired) electrons. The van der Waals surface area contributed by atoms with Crippen LogP contribution in [-0.4, -0.2) is 29.8 Å². The molecule has 3 N–H and O–H groups in total. The van der Waals surface area contributed by atoms with Crippen LogP contribution in [0.4, 0.5) is 4.79 Å². The summed E-state index contributed by atoms with van der Waals surface area (Å²) in [7, 11) is 0. The third-order valence-corrected chi connectivity index (χ3v) is 3.62. The normalized spacial score (nSPS) is 18.4. The molecule has 0 heterocycles. The first-order chi connectivity index (χ1) is 7.87. The minimum absolute atomic E-state index is 0.0223. The van der Waals surface area contributed by atoms with Crippen molar-refractivity contribution in [1.29, 1.82) is 0 Å². The molecule has 2 amide bonds. The predicted octanol–water partition coefficient (Wildman–Crippen LogP) is 2.03. The van der Waals surface area contributed by atoms with Crippen molar-refractivity contribution in [2.45, 2.75) is 58.4 Å². The zero-order valence-corrected chi connectivity index (χ0v) is 11.3. The molecule has 1 saturated carbocycles. The Bertz CT molecular complexity index is 260. The van der Waals surface area contributed by atoms with Gasteiger partial charge in [0.2, 0.25) is 0 Å². The molecule has 1 rings (SSSR count). The molecule has 0 aromatic rings. The summed E-state index contributed by atoms with van der Waals surface area (Å²) in [6, 6.07) is -0.0611. The molecule has 0 aliphatic heterocycles. The van der Waals surface area contributed by atoms with Crippen LogP contribution in [0.15, 0.2) is 0 Å². The highest BCUT2D eigenvalue weighted by molar-refractivity contribution is 5.74. The van der Waals surface area contributed by atoms with Crippen LogP contribution in [0.3, 0.4) is 0 Å². The van der Waals surface area contributed by atoms with Crippen molar-refractivity contribution in [3.63, 3.8) is 0 Å². The van der Waals surface area contributed by atoms with Crippen LogP contribution in [0.25, 0.3) is 0 Å². The fraction of sp³-hybridized carbons (Fsp3) is 0.923. The summed E-state index contributed by atoms with van der Waals surface area (Å²) < 4.78 is 0. The van der Waals surface area contributed by atoms with Crippen molar-refractivity contribution in [3.05, 3.63) is 0 Å². The van der Waals surface area contributed by atoms with Gasteiger partial charge < -0.3 is 15.7 Å². The van der Waals surface area contributed by atoms with E-state index in [2.05, 4.69) is 17.6 Å². The predicted molar refractivity (Wildman–Crippen MR) is 68.9 cm³/mol. The van der Waals surface area contributed by atoms with Gasteiger partial charge in [-0.2, -0.15) is 0 Å². The molecule has 0 saturated heterocycles. The summed E-state index contributed by atoms with van der Waals surface area (Å²) in [5.74, 6) is 0. The maximum Gasteiger partial charge on any atom is 0.315 e. The summed E-state index contributed by atoms with van der Waals surface area (Å²) in [5.41, 5.74) is -0.0213. The molecule has 1 aliphatic carbocycles. The summed E-state index contributed by atoms with van der Waals surface area (Å²) in [5, 5.41) is 15.0. The van der Waals surface area contributed by atoms with Crippen molar-refractivity contribution < 1.29 is 9.90 Å². The highest BCUT2D eigenvalue weighted by Crippen LogP contribution is 2.30. The van der Waals surface area contributed by atoms with E-state index in [9.17, 15) is 4.79 Å². The first-order valence-electron chi connectivity index (χ1n) is 6.54. The molecule has 0 unspecified atom stereocenters. The van der Waals surface area contributed by atoms with Gasteiger partial charge in [0, 0.05) is 18.7 Å². The highest BCUT2D eigenvalue weighted by atomic mass is 16.3. The van der Waals surface area contributed by atoms with Gasteiger partial charge in [-0.05, 0) is 44.4 Å². The number of carbonyl (C=O) groups is 1. The summed E-state index contributed by atoms with van der Waals surface area (Å²) in [6.07, 6.45) is 5.19. The van der Waals surface area contributed by atoms with Crippen LogP contribution in [0.1, 0.15) is 52.9 Å². The minimum Gasteiger partial charge on any atom is -0.396 e. The second kappa shape index (κ2) is 5.71. The SMILES string of the molecule is CC(C)(CO)CCCNC(=O)NC1(C)CCC1. The van der Waals surface area contributed by atoms with Crippen molar-refractivity contribution >= 4 is 6.03 Å². The number of carbonyl (C=O) groups excluding carboxylic acids is 1. The highest BCUT2D eigenvalue weighted by Gasteiger charge is 2.32. The molecule has 100 valence electrons. The first-order valence-corrected chi connectivity index (χ1v) is 6.54. The lowest BCUT2D eigenvalue weighted by molar-refractivity contribution is 0.147. The number of rotatable bonds is 6. The lowest BCUT2D eigenvalue weighted by Crippen LogP contribution is -2.54. The standard InChI is InChI=1S/C13H26N2O2/c1-12(2,10-16)6-5-9-14-11(17)15-13(3)7-4-8-13/h16H,4-10H2,1-3H3,(H2,14,15,17). The molecule has 0 atom stereocenters. The maximum absolute atomic E-state index is 11.6. The van der Waals surface area contributed by atoms with Crippen LogP contribution < -0.4 is 10.6 Å². The van der Waals surface area contributed by atoms with E-state index in [1.165, 1.54) is 6.42 Å². The van der Waals surface area contributed by atoms with E-state index in [1.807, 2.05) is 13.8 Å². The molecular formula is C13H26N2O2. The van der Waals surface area contributed by atoms with E-state index in [0.29, 0.717) is 6.54 Å². The van der Waals surface area contributed by atoms with Gasteiger partial charge in [-0.1, -0.05) is 13.8 Å². The molecule has 17 heavy (non-hydrogen) atoms. The third-order valence-electron chi connectivity index (χ3n) is 3.62. The monoisotopic (exact) mass is 242 g/mol. The molecule has 0 aromatic heterocycles. The Morgan fingerprint density at radius 2 is 2.06 bits per heavy atom. The number of hydrogen-bond acceptors (Lipinski definition) is 2.